The van der Waals surface area contributed by atoms with Gasteiger partial charge in [-0.25, -0.2) is 4.68 Å². The number of hydrogen-bond donors (Lipinski definition) is 1. The van der Waals surface area contributed by atoms with Gasteiger partial charge in [-0.05, 0) is 46.7 Å². The van der Waals surface area contributed by atoms with Crippen LogP contribution in [0.25, 0.3) is 5.70 Å². The molecule has 0 bridgehead atoms. The number of allylic oxidation sites excluding steroid dienone is 1. The number of likely N-dealkylation sites (N-methyl/N-ethyl adjacent to an activating group) is 1. The van der Waals surface area contributed by atoms with Crippen LogP contribution in [0.5, 0.6) is 0 Å². The first kappa shape index (κ1) is 25.3. The van der Waals surface area contributed by atoms with E-state index in [9.17, 15) is 4.79 Å². The molecule has 0 aliphatic carbocycles. The lowest BCUT2D eigenvalue weighted by Gasteiger charge is -2.32. The van der Waals surface area contributed by atoms with E-state index in [0.717, 1.165) is 51.3 Å². The third-order valence-corrected chi connectivity index (χ3v) is 5.76. The maximum atomic E-state index is 12.7. The van der Waals surface area contributed by atoms with Crippen molar-refractivity contribution in [1.82, 2.24) is 24.9 Å². The van der Waals surface area contributed by atoms with Crippen LogP contribution in [0.15, 0.2) is 31.1 Å². The Morgan fingerprint density at radius 3 is 2.77 bits per heavy atom. The van der Waals surface area contributed by atoms with E-state index in [2.05, 4.69) is 48.9 Å². The number of nitrogens with zero attached hydrogens (tertiary/aromatic N) is 4. The third-order valence-electron chi connectivity index (χ3n) is 5.76. The van der Waals surface area contributed by atoms with Gasteiger partial charge in [0, 0.05) is 50.7 Å². The molecule has 31 heavy (non-hydrogen) atoms. The summed E-state index contributed by atoms with van der Waals surface area (Å²) in [7, 11) is 2.08. The predicted octanol–water partition coefficient (Wildman–Crippen LogP) is 3.26. The van der Waals surface area contributed by atoms with E-state index in [4.69, 9.17) is 4.74 Å². The van der Waals surface area contributed by atoms with Crippen molar-refractivity contribution in [3.8, 4) is 0 Å². The van der Waals surface area contributed by atoms with Crippen LogP contribution in [-0.2, 0) is 4.74 Å². The molecule has 1 fully saturated rings. The minimum atomic E-state index is -0.0231. The summed E-state index contributed by atoms with van der Waals surface area (Å²) in [6.45, 7) is 15.4. The highest BCUT2D eigenvalue weighted by Crippen LogP contribution is 2.12. The Kier molecular flexibility index (Phi) is 11.0. The summed E-state index contributed by atoms with van der Waals surface area (Å²) in [4.78, 5) is 16.8. The zero-order chi connectivity index (χ0) is 22.6. The maximum Gasteiger partial charge on any atom is 0.257 e. The number of aromatic nitrogens is 2. The SMILES string of the molecule is C=C[C@@H](C/C=C(\C)n1cc(C(=O)N2CCN(C)CC2)cn1)OCCCNC(C)CCC. The van der Waals surface area contributed by atoms with Crippen molar-refractivity contribution in [2.24, 2.45) is 0 Å². The molecule has 1 aromatic heterocycles. The first-order valence-corrected chi connectivity index (χ1v) is 11.6. The summed E-state index contributed by atoms with van der Waals surface area (Å²) >= 11 is 0. The monoisotopic (exact) mass is 431 g/mol. The average Bonchev–Trinajstić information content (AvgIpc) is 3.26. The number of rotatable bonds is 13. The molecule has 174 valence electrons. The van der Waals surface area contributed by atoms with Crippen LogP contribution in [0.1, 0.15) is 56.8 Å². The molecule has 2 rings (SSSR count). The van der Waals surface area contributed by atoms with E-state index in [-0.39, 0.29) is 12.0 Å². The minimum Gasteiger partial charge on any atom is -0.374 e. The highest BCUT2D eigenvalue weighted by molar-refractivity contribution is 5.94. The Morgan fingerprint density at radius 1 is 1.35 bits per heavy atom. The quantitative estimate of drug-likeness (QED) is 0.384. The van der Waals surface area contributed by atoms with Gasteiger partial charge in [-0.15, -0.1) is 6.58 Å². The standard InChI is InChI=1S/C24H41N5O2/c1-6-9-20(3)25-12-8-17-31-23(7-2)11-10-21(4)29-19-22(18-26-29)24(30)28-15-13-27(5)14-16-28/h7,10,18-20,23,25H,2,6,8-9,11-17H2,1,3-5H3/b21-10+/t20?,23-/m0/s1. The third kappa shape index (κ3) is 8.59. The van der Waals surface area contributed by atoms with Crippen molar-refractivity contribution in [3.63, 3.8) is 0 Å². The lowest BCUT2D eigenvalue weighted by atomic mass is 10.2. The molecule has 2 heterocycles. The van der Waals surface area contributed by atoms with Crippen LogP contribution < -0.4 is 5.32 Å². The minimum absolute atomic E-state index is 0.0231. The van der Waals surface area contributed by atoms with E-state index in [1.807, 2.05) is 24.1 Å². The van der Waals surface area contributed by atoms with Gasteiger partial charge in [0.05, 0.1) is 17.9 Å². The van der Waals surface area contributed by atoms with E-state index in [1.165, 1.54) is 12.8 Å². The van der Waals surface area contributed by atoms with E-state index in [1.54, 1.807) is 10.9 Å². The maximum absolute atomic E-state index is 12.7. The Hall–Kier alpha value is -1.96. The molecule has 2 atom stereocenters. The lowest BCUT2D eigenvalue weighted by molar-refractivity contribution is 0.0664. The molecular formula is C24H41N5O2. The van der Waals surface area contributed by atoms with Crippen molar-refractivity contribution in [1.29, 1.82) is 0 Å². The first-order chi connectivity index (χ1) is 14.9. The second kappa shape index (κ2) is 13.5. The number of carbonyl (C=O) groups excluding carboxylic acids is 1. The highest BCUT2D eigenvalue weighted by Gasteiger charge is 2.21. The van der Waals surface area contributed by atoms with Crippen molar-refractivity contribution >= 4 is 11.6 Å². The van der Waals surface area contributed by atoms with Crippen LogP contribution in [-0.4, -0.2) is 84.0 Å². The Balaban J connectivity index is 1.77. The van der Waals surface area contributed by atoms with Crippen LogP contribution >= 0.6 is 0 Å². The molecule has 1 saturated heterocycles. The van der Waals surface area contributed by atoms with Crippen LogP contribution in [0.3, 0.4) is 0 Å². The number of hydrogen-bond acceptors (Lipinski definition) is 5. The fourth-order valence-corrected chi connectivity index (χ4v) is 3.62. The number of piperazine rings is 1. The van der Waals surface area contributed by atoms with E-state index >= 15 is 0 Å². The van der Waals surface area contributed by atoms with E-state index in [0.29, 0.717) is 18.2 Å². The summed E-state index contributed by atoms with van der Waals surface area (Å²) in [5.41, 5.74) is 1.61. The van der Waals surface area contributed by atoms with Gasteiger partial charge in [-0.3, -0.25) is 4.79 Å². The van der Waals surface area contributed by atoms with Gasteiger partial charge >= 0.3 is 0 Å². The van der Waals surface area contributed by atoms with Gasteiger partial charge in [0.15, 0.2) is 0 Å². The smallest absolute Gasteiger partial charge is 0.257 e. The second-order valence-corrected chi connectivity index (χ2v) is 8.49. The molecule has 1 aliphatic rings. The summed E-state index contributed by atoms with van der Waals surface area (Å²) in [6.07, 6.45) is 11.5. The summed E-state index contributed by atoms with van der Waals surface area (Å²) in [5, 5.41) is 7.91. The van der Waals surface area contributed by atoms with Crippen LogP contribution in [0, 0.1) is 0 Å². The molecule has 0 aromatic carbocycles. The number of carbonyl (C=O) groups is 1. The number of amides is 1. The molecule has 1 unspecified atom stereocenters. The Labute approximate surface area is 188 Å². The van der Waals surface area contributed by atoms with Gasteiger partial charge in [0.1, 0.15) is 0 Å². The molecule has 0 radical (unpaired) electrons. The van der Waals surface area contributed by atoms with Gasteiger partial charge in [0.25, 0.3) is 5.91 Å². The van der Waals surface area contributed by atoms with Gasteiger partial charge < -0.3 is 19.9 Å². The van der Waals surface area contributed by atoms with Crippen molar-refractivity contribution in [2.45, 2.75) is 58.6 Å². The second-order valence-electron chi connectivity index (χ2n) is 8.49. The first-order valence-electron chi connectivity index (χ1n) is 11.6. The van der Waals surface area contributed by atoms with E-state index < -0.39 is 0 Å². The number of ether oxygens (including phenoxy) is 1. The normalized spacial score (nSPS) is 17.5. The molecule has 0 saturated carbocycles. The van der Waals surface area contributed by atoms with Crippen molar-refractivity contribution < 1.29 is 9.53 Å². The summed E-state index contributed by atoms with van der Waals surface area (Å²) in [5.74, 6) is 0.0568. The zero-order valence-corrected chi connectivity index (χ0v) is 19.8. The fourth-order valence-electron chi connectivity index (χ4n) is 3.62. The largest absolute Gasteiger partial charge is 0.374 e. The molecule has 1 aromatic rings. The summed E-state index contributed by atoms with van der Waals surface area (Å²) in [6, 6.07) is 0.563. The molecule has 0 spiro atoms. The summed E-state index contributed by atoms with van der Waals surface area (Å²) < 4.78 is 7.72. The highest BCUT2D eigenvalue weighted by atomic mass is 16.5. The zero-order valence-electron chi connectivity index (χ0n) is 19.8. The molecule has 7 nitrogen and oxygen atoms in total. The van der Waals surface area contributed by atoms with Gasteiger partial charge in [0.2, 0.25) is 0 Å². The molecule has 1 amide bonds. The average molecular weight is 432 g/mol. The fraction of sp³-hybridized carbons (Fsp3) is 0.667. The lowest BCUT2D eigenvalue weighted by Crippen LogP contribution is -2.47. The van der Waals surface area contributed by atoms with Crippen molar-refractivity contribution in [3.05, 3.63) is 36.7 Å². The predicted molar refractivity (Wildman–Crippen MR) is 127 cm³/mol. The van der Waals surface area contributed by atoms with Gasteiger partial charge in [-0.2, -0.15) is 5.10 Å². The van der Waals surface area contributed by atoms with Crippen LogP contribution in [0.4, 0.5) is 0 Å². The molecular weight excluding hydrogens is 390 g/mol. The number of nitrogens with one attached hydrogen (secondary N) is 1. The van der Waals surface area contributed by atoms with Crippen molar-refractivity contribution in [2.75, 3.05) is 46.4 Å². The molecule has 7 heteroatoms. The Bertz CT molecular complexity index is 707. The molecule has 1 N–H and O–H groups in total. The Morgan fingerprint density at radius 2 is 2.10 bits per heavy atom. The van der Waals surface area contributed by atoms with Gasteiger partial charge in [-0.1, -0.05) is 25.5 Å². The molecule has 1 aliphatic heterocycles. The topological polar surface area (TPSA) is 62.6 Å². The van der Waals surface area contributed by atoms with Crippen LogP contribution in [0.2, 0.25) is 0 Å².